The zero-order valence-electron chi connectivity index (χ0n) is 9.03. The molecule has 0 atom stereocenters. The summed E-state index contributed by atoms with van der Waals surface area (Å²) in [7, 11) is 0. The van der Waals surface area contributed by atoms with E-state index in [-0.39, 0.29) is 17.4 Å². The van der Waals surface area contributed by atoms with Gasteiger partial charge >= 0.3 is 6.03 Å². The van der Waals surface area contributed by atoms with Crippen LogP contribution in [0.3, 0.4) is 0 Å². The lowest BCUT2D eigenvalue weighted by molar-refractivity contribution is -0.133. The van der Waals surface area contributed by atoms with Crippen LogP contribution in [0.5, 0.6) is 0 Å². The van der Waals surface area contributed by atoms with Crippen LogP contribution in [0.1, 0.15) is 19.8 Å². The van der Waals surface area contributed by atoms with Crippen molar-refractivity contribution in [2.24, 2.45) is 11.1 Å². The van der Waals surface area contributed by atoms with E-state index in [9.17, 15) is 9.59 Å². The van der Waals surface area contributed by atoms with Crippen molar-refractivity contribution in [3.63, 3.8) is 0 Å². The highest BCUT2D eigenvalue weighted by Crippen LogP contribution is 2.40. The van der Waals surface area contributed by atoms with Crippen LogP contribution in [0, 0.1) is 5.41 Å². The fourth-order valence-corrected chi connectivity index (χ4v) is 2.53. The van der Waals surface area contributed by atoms with Crippen molar-refractivity contribution in [3.8, 4) is 0 Å². The van der Waals surface area contributed by atoms with Crippen molar-refractivity contribution in [3.05, 3.63) is 0 Å². The Morgan fingerprint density at radius 1 is 1.13 bits per heavy atom. The summed E-state index contributed by atoms with van der Waals surface area (Å²) in [5.74, 6) is 0.149. The molecule has 1 spiro atoms. The van der Waals surface area contributed by atoms with Gasteiger partial charge in [0.15, 0.2) is 0 Å². The molecule has 0 unspecified atom stereocenters. The molecule has 0 bridgehead atoms. The second-order valence-corrected chi connectivity index (χ2v) is 4.70. The molecular formula is C10H17N3O2. The maximum absolute atomic E-state index is 11.1. The monoisotopic (exact) mass is 211 g/mol. The van der Waals surface area contributed by atoms with Crippen molar-refractivity contribution in [2.75, 3.05) is 26.2 Å². The largest absolute Gasteiger partial charge is 0.351 e. The Kier molecular flexibility index (Phi) is 2.32. The molecular weight excluding hydrogens is 194 g/mol. The molecule has 2 fully saturated rings. The van der Waals surface area contributed by atoms with Gasteiger partial charge in [0.2, 0.25) is 5.91 Å². The van der Waals surface area contributed by atoms with E-state index in [2.05, 4.69) is 0 Å². The van der Waals surface area contributed by atoms with Gasteiger partial charge in [0.1, 0.15) is 0 Å². The molecule has 2 aliphatic heterocycles. The lowest BCUT2D eigenvalue weighted by Crippen LogP contribution is -2.63. The lowest BCUT2D eigenvalue weighted by atomic mass is 9.72. The first kappa shape index (κ1) is 10.3. The summed E-state index contributed by atoms with van der Waals surface area (Å²) >= 11 is 0. The normalized spacial score (nSPS) is 23.8. The van der Waals surface area contributed by atoms with Crippen LogP contribution in [0.2, 0.25) is 0 Å². The van der Waals surface area contributed by atoms with Gasteiger partial charge in [0, 0.05) is 38.5 Å². The molecule has 0 aromatic rings. The number of carbonyl (C=O) groups excluding carboxylic acids is 2. The molecule has 0 aromatic carbocycles. The van der Waals surface area contributed by atoms with E-state index in [1.807, 2.05) is 4.90 Å². The first-order chi connectivity index (χ1) is 7.02. The third-order valence-electron chi connectivity index (χ3n) is 3.63. The highest BCUT2D eigenvalue weighted by atomic mass is 16.2. The van der Waals surface area contributed by atoms with E-state index in [1.54, 1.807) is 11.8 Å². The van der Waals surface area contributed by atoms with Crippen LogP contribution in [0.4, 0.5) is 4.79 Å². The van der Waals surface area contributed by atoms with Crippen molar-refractivity contribution < 1.29 is 9.59 Å². The van der Waals surface area contributed by atoms with Crippen molar-refractivity contribution in [1.82, 2.24) is 9.80 Å². The highest BCUT2D eigenvalue weighted by molar-refractivity contribution is 5.74. The smallest absolute Gasteiger partial charge is 0.314 e. The van der Waals surface area contributed by atoms with Gasteiger partial charge in [0.05, 0.1) is 0 Å². The number of likely N-dealkylation sites (tertiary alicyclic amines) is 2. The van der Waals surface area contributed by atoms with Crippen LogP contribution in [-0.4, -0.2) is 47.9 Å². The van der Waals surface area contributed by atoms with Crippen LogP contribution >= 0.6 is 0 Å². The molecule has 2 heterocycles. The average molecular weight is 211 g/mol. The number of hydrogen-bond donors (Lipinski definition) is 1. The number of nitrogens with two attached hydrogens (primary N) is 1. The van der Waals surface area contributed by atoms with Crippen LogP contribution < -0.4 is 5.73 Å². The maximum atomic E-state index is 11.1. The molecule has 84 valence electrons. The first-order valence-electron chi connectivity index (χ1n) is 5.32. The van der Waals surface area contributed by atoms with E-state index < -0.39 is 0 Å². The number of primary amides is 1. The van der Waals surface area contributed by atoms with E-state index >= 15 is 0 Å². The lowest BCUT2D eigenvalue weighted by Gasteiger charge is -2.53. The molecule has 5 nitrogen and oxygen atoms in total. The zero-order chi connectivity index (χ0) is 11.1. The van der Waals surface area contributed by atoms with Crippen molar-refractivity contribution >= 4 is 11.9 Å². The van der Waals surface area contributed by atoms with Crippen LogP contribution in [0.25, 0.3) is 0 Å². The number of hydrogen-bond acceptors (Lipinski definition) is 2. The molecule has 0 radical (unpaired) electrons. The molecule has 0 saturated carbocycles. The van der Waals surface area contributed by atoms with E-state index in [0.717, 1.165) is 39.0 Å². The number of urea groups is 1. The number of rotatable bonds is 0. The van der Waals surface area contributed by atoms with Gasteiger partial charge in [-0.05, 0) is 12.8 Å². The van der Waals surface area contributed by atoms with E-state index in [1.165, 1.54) is 0 Å². The summed E-state index contributed by atoms with van der Waals surface area (Å²) in [4.78, 5) is 25.5. The Morgan fingerprint density at radius 3 is 2.07 bits per heavy atom. The fourth-order valence-electron chi connectivity index (χ4n) is 2.53. The molecule has 2 aliphatic rings. The Hall–Kier alpha value is -1.26. The van der Waals surface area contributed by atoms with Gasteiger partial charge < -0.3 is 15.5 Å². The Labute approximate surface area is 89.2 Å². The molecule has 0 aliphatic carbocycles. The Bertz CT molecular complexity index is 287. The Balaban J connectivity index is 1.85. The molecule has 2 saturated heterocycles. The molecule has 2 rings (SSSR count). The van der Waals surface area contributed by atoms with Gasteiger partial charge in [-0.2, -0.15) is 0 Å². The average Bonchev–Trinajstić information content (AvgIpc) is 2.13. The number of carbonyl (C=O) groups is 2. The minimum Gasteiger partial charge on any atom is -0.351 e. The summed E-state index contributed by atoms with van der Waals surface area (Å²) in [6.45, 7) is 4.79. The standard InChI is InChI=1S/C10H17N3O2/c1-8(14)12-4-2-10(3-5-12)6-13(7-10)9(11)15/h2-7H2,1H3,(H2,11,15). The van der Waals surface area contributed by atoms with E-state index in [4.69, 9.17) is 5.73 Å². The summed E-state index contributed by atoms with van der Waals surface area (Å²) in [5.41, 5.74) is 5.44. The van der Waals surface area contributed by atoms with Crippen LogP contribution in [-0.2, 0) is 4.79 Å². The third-order valence-corrected chi connectivity index (χ3v) is 3.63. The number of amides is 3. The molecule has 5 heteroatoms. The fraction of sp³-hybridized carbons (Fsp3) is 0.800. The molecule has 3 amide bonds. The minimum atomic E-state index is -0.324. The summed E-state index contributed by atoms with van der Waals surface area (Å²) in [6.07, 6.45) is 1.99. The predicted molar refractivity (Wildman–Crippen MR) is 55.1 cm³/mol. The molecule has 2 N–H and O–H groups in total. The predicted octanol–water partition coefficient (Wildman–Crippen LogP) is 0.00940. The topological polar surface area (TPSA) is 66.6 Å². The first-order valence-corrected chi connectivity index (χ1v) is 5.32. The quantitative estimate of drug-likeness (QED) is 0.613. The van der Waals surface area contributed by atoms with Gasteiger partial charge in [-0.3, -0.25) is 4.79 Å². The van der Waals surface area contributed by atoms with Gasteiger partial charge in [-0.1, -0.05) is 0 Å². The number of nitrogens with zero attached hydrogens (tertiary/aromatic N) is 2. The highest BCUT2D eigenvalue weighted by Gasteiger charge is 2.46. The third kappa shape index (κ3) is 1.78. The van der Waals surface area contributed by atoms with Gasteiger partial charge in [-0.25, -0.2) is 4.79 Å². The van der Waals surface area contributed by atoms with Crippen molar-refractivity contribution in [2.45, 2.75) is 19.8 Å². The SMILES string of the molecule is CC(=O)N1CCC2(CC1)CN(C(N)=O)C2. The van der Waals surface area contributed by atoms with Crippen LogP contribution in [0.15, 0.2) is 0 Å². The summed E-state index contributed by atoms with van der Waals surface area (Å²) < 4.78 is 0. The number of piperidine rings is 1. The maximum Gasteiger partial charge on any atom is 0.314 e. The van der Waals surface area contributed by atoms with E-state index in [0.29, 0.717) is 0 Å². The Morgan fingerprint density at radius 2 is 1.67 bits per heavy atom. The van der Waals surface area contributed by atoms with Crippen molar-refractivity contribution in [1.29, 1.82) is 0 Å². The molecule has 0 aromatic heterocycles. The zero-order valence-corrected chi connectivity index (χ0v) is 9.03. The second-order valence-electron chi connectivity index (χ2n) is 4.70. The minimum absolute atomic E-state index is 0.149. The summed E-state index contributed by atoms with van der Waals surface area (Å²) in [6, 6.07) is -0.324. The molecule has 15 heavy (non-hydrogen) atoms. The summed E-state index contributed by atoms with van der Waals surface area (Å²) in [5, 5.41) is 0. The van der Waals surface area contributed by atoms with Gasteiger partial charge in [-0.15, -0.1) is 0 Å². The van der Waals surface area contributed by atoms with Gasteiger partial charge in [0.25, 0.3) is 0 Å². The second kappa shape index (κ2) is 3.40.